The second-order valence-electron chi connectivity index (χ2n) is 3.93. The molecule has 0 saturated carbocycles. The van der Waals surface area contributed by atoms with Crippen molar-refractivity contribution in [2.75, 3.05) is 13.2 Å². The van der Waals surface area contributed by atoms with Gasteiger partial charge in [-0.25, -0.2) is 17.9 Å². The summed E-state index contributed by atoms with van der Waals surface area (Å²) in [5.74, 6) is -1.13. The Balaban J connectivity index is 2.71. The first-order valence-electron chi connectivity index (χ1n) is 5.29. The summed E-state index contributed by atoms with van der Waals surface area (Å²) in [4.78, 5) is 10.7. The largest absolute Gasteiger partial charge is 0.478 e. The van der Waals surface area contributed by atoms with Crippen molar-refractivity contribution < 1.29 is 23.4 Å². The van der Waals surface area contributed by atoms with Crippen molar-refractivity contribution >= 4 is 27.3 Å². The van der Waals surface area contributed by atoms with E-state index in [0.717, 1.165) is 17.4 Å². The quantitative estimate of drug-likeness (QED) is 0.688. The lowest BCUT2D eigenvalue weighted by atomic mass is 10.1. The Morgan fingerprint density at radius 3 is 2.72 bits per heavy atom. The number of aliphatic hydroxyl groups is 1. The van der Waals surface area contributed by atoms with Gasteiger partial charge in [0.15, 0.2) is 0 Å². The average molecular weight is 293 g/mol. The van der Waals surface area contributed by atoms with E-state index in [1.165, 1.54) is 5.38 Å². The van der Waals surface area contributed by atoms with Crippen molar-refractivity contribution in [1.82, 2.24) is 4.72 Å². The molecule has 0 aliphatic carbocycles. The molecule has 1 aromatic heterocycles. The van der Waals surface area contributed by atoms with Crippen LogP contribution in [0.4, 0.5) is 0 Å². The molecule has 18 heavy (non-hydrogen) atoms. The molecule has 1 heterocycles. The summed E-state index contributed by atoms with van der Waals surface area (Å²) in [7, 11) is -3.66. The smallest absolute Gasteiger partial charge is 0.336 e. The standard InChI is InChI=1S/C10H15NO5S2/c1-7(2-3-12)5-11-18(15,16)9-4-8(6-17-9)10(13)14/h4,6-7,11-12H,2-3,5H2,1H3,(H,13,14). The first kappa shape index (κ1) is 15.1. The molecule has 0 fully saturated rings. The molecule has 0 saturated heterocycles. The SMILES string of the molecule is CC(CCO)CNS(=O)(=O)c1cc(C(=O)O)cs1. The summed E-state index contributed by atoms with van der Waals surface area (Å²) in [5.41, 5.74) is -0.0382. The lowest BCUT2D eigenvalue weighted by Crippen LogP contribution is -2.28. The summed E-state index contributed by atoms with van der Waals surface area (Å²) >= 11 is 0.869. The summed E-state index contributed by atoms with van der Waals surface area (Å²) in [6.45, 7) is 2.03. The molecule has 1 rings (SSSR count). The van der Waals surface area contributed by atoms with Crippen LogP contribution in [0.15, 0.2) is 15.7 Å². The molecule has 1 aromatic rings. The maximum absolute atomic E-state index is 11.8. The summed E-state index contributed by atoms with van der Waals surface area (Å²) in [6, 6.07) is 1.13. The number of sulfonamides is 1. The van der Waals surface area contributed by atoms with Gasteiger partial charge < -0.3 is 10.2 Å². The zero-order valence-corrected chi connectivity index (χ0v) is 11.4. The van der Waals surface area contributed by atoms with E-state index in [0.29, 0.717) is 6.42 Å². The number of nitrogens with one attached hydrogen (secondary N) is 1. The molecule has 8 heteroatoms. The van der Waals surface area contributed by atoms with Crippen LogP contribution in [-0.2, 0) is 10.0 Å². The molecule has 0 radical (unpaired) electrons. The van der Waals surface area contributed by atoms with E-state index in [2.05, 4.69) is 4.72 Å². The molecule has 0 amide bonds. The monoisotopic (exact) mass is 293 g/mol. The fourth-order valence-electron chi connectivity index (χ4n) is 1.22. The molecule has 1 unspecified atom stereocenters. The van der Waals surface area contributed by atoms with Gasteiger partial charge in [-0.3, -0.25) is 0 Å². The number of carbonyl (C=O) groups is 1. The minimum atomic E-state index is -3.66. The van der Waals surface area contributed by atoms with Gasteiger partial charge in [0.2, 0.25) is 10.0 Å². The van der Waals surface area contributed by atoms with Gasteiger partial charge in [-0.1, -0.05) is 6.92 Å². The van der Waals surface area contributed by atoms with Gasteiger partial charge in [-0.15, -0.1) is 11.3 Å². The van der Waals surface area contributed by atoms with Crippen LogP contribution in [0.2, 0.25) is 0 Å². The second-order valence-corrected chi connectivity index (χ2v) is 6.83. The van der Waals surface area contributed by atoms with Gasteiger partial charge in [0.25, 0.3) is 0 Å². The summed E-state index contributed by atoms with van der Waals surface area (Å²) < 4.78 is 26.0. The Labute approximate surface area is 109 Å². The van der Waals surface area contributed by atoms with E-state index in [4.69, 9.17) is 10.2 Å². The van der Waals surface area contributed by atoms with Crippen molar-refractivity contribution in [2.24, 2.45) is 5.92 Å². The Kier molecular flexibility index (Phi) is 5.27. The van der Waals surface area contributed by atoms with Crippen molar-refractivity contribution in [2.45, 2.75) is 17.6 Å². The number of aromatic carboxylic acids is 1. The van der Waals surface area contributed by atoms with Crippen LogP contribution in [0.25, 0.3) is 0 Å². The molecule has 0 aliphatic rings. The summed E-state index contributed by atoms with van der Waals surface area (Å²) in [5, 5.41) is 18.7. The van der Waals surface area contributed by atoms with Crippen molar-refractivity contribution in [1.29, 1.82) is 0 Å². The first-order valence-corrected chi connectivity index (χ1v) is 7.65. The van der Waals surface area contributed by atoms with Gasteiger partial charge in [0, 0.05) is 18.5 Å². The van der Waals surface area contributed by atoms with Crippen molar-refractivity contribution in [3.05, 3.63) is 17.0 Å². The fraction of sp³-hybridized carbons (Fsp3) is 0.500. The lowest BCUT2D eigenvalue weighted by Gasteiger charge is -2.10. The maximum Gasteiger partial charge on any atom is 0.336 e. The molecular formula is C10H15NO5S2. The second kappa shape index (κ2) is 6.28. The Morgan fingerprint density at radius 2 is 2.22 bits per heavy atom. The van der Waals surface area contributed by atoms with Gasteiger partial charge >= 0.3 is 5.97 Å². The molecule has 0 spiro atoms. The van der Waals surface area contributed by atoms with Gasteiger partial charge in [-0.05, 0) is 18.4 Å². The van der Waals surface area contributed by atoms with Crippen LogP contribution < -0.4 is 4.72 Å². The molecule has 1 atom stereocenters. The number of thiophene rings is 1. The van der Waals surface area contributed by atoms with Gasteiger partial charge in [0.05, 0.1) is 5.56 Å². The van der Waals surface area contributed by atoms with Crippen LogP contribution in [0.5, 0.6) is 0 Å². The predicted molar refractivity (Wildman–Crippen MR) is 67.3 cm³/mol. The third-order valence-corrected chi connectivity index (χ3v) is 5.19. The summed E-state index contributed by atoms with van der Waals surface area (Å²) in [6.07, 6.45) is 0.507. The highest BCUT2D eigenvalue weighted by atomic mass is 32.2. The van der Waals surface area contributed by atoms with Crippen molar-refractivity contribution in [3.8, 4) is 0 Å². The molecular weight excluding hydrogens is 278 g/mol. The molecule has 0 aliphatic heterocycles. The highest BCUT2D eigenvalue weighted by molar-refractivity contribution is 7.91. The van der Waals surface area contributed by atoms with E-state index < -0.39 is 16.0 Å². The number of hydrogen-bond acceptors (Lipinski definition) is 5. The van der Waals surface area contributed by atoms with E-state index in [-0.39, 0.29) is 28.8 Å². The zero-order chi connectivity index (χ0) is 13.8. The minimum absolute atomic E-state index is 0.00502. The number of aliphatic hydroxyl groups excluding tert-OH is 1. The number of carboxylic acid groups (broad SMARTS) is 1. The predicted octanol–water partition coefficient (Wildman–Crippen LogP) is 0.743. The Bertz CT molecular complexity index is 508. The van der Waals surface area contributed by atoms with Crippen LogP contribution in [-0.4, -0.2) is 37.8 Å². The minimum Gasteiger partial charge on any atom is -0.478 e. The first-order chi connectivity index (χ1) is 8.36. The third kappa shape index (κ3) is 4.05. The number of rotatable bonds is 7. The number of carboxylic acids is 1. The van der Waals surface area contributed by atoms with Gasteiger partial charge in [-0.2, -0.15) is 0 Å². The normalized spacial score (nSPS) is 13.4. The third-order valence-electron chi connectivity index (χ3n) is 2.33. The molecule has 3 N–H and O–H groups in total. The molecule has 0 bridgehead atoms. The van der Waals surface area contributed by atoms with Crippen LogP contribution in [0, 0.1) is 5.92 Å². The Morgan fingerprint density at radius 1 is 1.56 bits per heavy atom. The lowest BCUT2D eigenvalue weighted by molar-refractivity contribution is 0.0697. The van der Waals surface area contributed by atoms with E-state index in [9.17, 15) is 13.2 Å². The fourth-order valence-corrected chi connectivity index (χ4v) is 3.58. The van der Waals surface area contributed by atoms with E-state index in [1.54, 1.807) is 0 Å². The Hall–Kier alpha value is -0.960. The topological polar surface area (TPSA) is 104 Å². The van der Waals surface area contributed by atoms with Crippen LogP contribution >= 0.6 is 11.3 Å². The van der Waals surface area contributed by atoms with Crippen LogP contribution in [0.1, 0.15) is 23.7 Å². The molecule has 6 nitrogen and oxygen atoms in total. The van der Waals surface area contributed by atoms with Crippen LogP contribution in [0.3, 0.4) is 0 Å². The van der Waals surface area contributed by atoms with E-state index >= 15 is 0 Å². The maximum atomic E-state index is 11.8. The van der Waals surface area contributed by atoms with Crippen molar-refractivity contribution in [3.63, 3.8) is 0 Å². The molecule has 102 valence electrons. The highest BCUT2D eigenvalue weighted by Gasteiger charge is 2.19. The zero-order valence-electron chi connectivity index (χ0n) is 9.79. The highest BCUT2D eigenvalue weighted by Crippen LogP contribution is 2.20. The average Bonchev–Trinajstić information content (AvgIpc) is 2.77. The van der Waals surface area contributed by atoms with E-state index in [1.807, 2.05) is 6.92 Å². The number of hydrogen-bond donors (Lipinski definition) is 3. The van der Waals surface area contributed by atoms with Gasteiger partial charge in [0.1, 0.15) is 4.21 Å². The molecule has 0 aromatic carbocycles.